The summed E-state index contributed by atoms with van der Waals surface area (Å²) in [6.07, 6.45) is 0. The van der Waals surface area contributed by atoms with Gasteiger partial charge in [-0.3, -0.25) is 4.79 Å². The molecular formula is C11H13FN2O5S. The van der Waals surface area contributed by atoms with Crippen molar-refractivity contribution in [2.45, 2.75) is 17.9 Å². The number of amides is 1. The molecule has 0 aliphatic heterocycles. The molecule has 0 spiro atoms. The molecule has 1 unspecified atom stereocenters. The summed E-state index contributed by atoms with van der Waals surface area (Å²) in [5, 5.41) is 0. The van der Waals surface area contributed by atoms with E-state index in [1.54, 1.807) is 0 Å². The van der Waals surface area contributed by atoms with Crippen LogP contribution < -0.4 is 10.5 Å². The minimum Gasteiger partial charge on any atom is -0.465 e. The fraction of sp³-hybridized carbons (Fsp3) is 0.273. The highest BCUT2D eigenvalue weighted by Crippen LogP contribution is 2.18. The number of carbonyl (C=O) groups is 2. The summed E-state index contributed by atoms with van der Waals surface area (Å²) in [7, 11) is -3.25. The molecule has 0 bridgehead atoms. The average molecular weight is 304 g/mol. The van der Waals surface area contributed by atoms with E-state index in [2.05, 4.69) is 4.74 Å². The van der Waals surface area contributed by atoms with Crippen LogP contribution in [0, 0.1) is 5.82 Å². The molecule has 0 fully saturated rings. The first-order valence-corrected chi connectivity index (χ1v) is 6.87. The topological polar surface area (TPSA) is 116 Å². The van der Waals surface area contributed by atoms with Gasteiger partial charge in [-0.15, -0.1) is 0 Å². The Morgan fingerprint density at radius 3 is 2.50 bits per heavy atom. The molecule has 3 N–H and O–H groups in total. The third kappa shape index (κ3) is 3.52. The lowest BCUT2D eigenvalue weighted by atomic mass is 10.2. The SMILES string of the molecule is COC(=O)c1ccc(F)cc1S(=O)(=O)NC(C)C(N)=O. The van der Waals surface area contributed by atoms with Crippen molar-refractivity contribution in [1.82, 2.24) is 4.72 Å². The minimum atomic E-state index is -4.30. The van der Waals surface area contributed by atoms with E-state index < -0.39 is 38.7 Å². The van der Waals surface area contributed by atoms with Gasteiger partial charge in [0.15, 0.2) is 0 Å². The molecule has 0 saturated heterocycles. The Hall–Kier alpha value is -2.00. The number of primary amides is 1. The van der Waals surface area contributed by atoms with Gasteiger partial charge in [0.1, 0.15) is 5.82 Å². The number of hydrogen-bond donors (Lipinski definition) is 2. The van der Waals surface area contributed by atoms with Crippen molar-refractivity contribution in [2.24, 2.45) is 5.73 Å². The Labute approximate surface area is 115 Å². The predicted molar refractivity (Wildman–Crippen MR) is 66.7 cm³/mol. The molecule has 110 valence electrons. The summed E-state index contributed by atoms with van der Waals surface area (Å²) in [4.78, 5) is 21.7. The summed E-state index contributed by atoms with van der Waals surface area (Å²) in [6, 6.07) is 1.34. The maximum atomic E-state index is 13.2. The van der Waals surface area contributed by atoms with E-state index in [9.17, 15) is 22.4 Å². The van der Waals surface area contributed by atoms with Gasteiger partial charge >= 0.3 is 5.97 Å². The Bertz CT molecular complexity index is 644. The van der Waals surface area contributed by atoms with E-state index in [4.69, 9.17) is 5.73 Å². The highest BCUT2D eigenvalue weighted by Gasteiger charge is 2.26. The zero-order valence-corrected chi connectivity index (χ0v) is 11.5. The zero-order chi connectivity index (χ0) is 15.5. The lowest BCUT2D eigenvalue weighted by Crippen LogP contribution is -2.42. The molecular weight excluding hydrogens is 291 g/mol. The van der Waals surface area contributed by atoms with Crippen molar-refractivity contribution in [2.75, 3.05) is 7.11 Å². The lowest BCUT2D eigenvalue weighted by molar-refractivity contribution is -0.119. The third-order valence-electron chi connectivity index (χ3n) is 2.40. The number of halogens is 1. The van der Waals surface area contributed by atoms with Gasteiger partial charge in [0.05, 0.1) is 23.6 Å². The number of esters is 1. The number of nitrogens with two attached hydrogens (primary N) is 1. The average Bonchev–Trinajstić information content (AvgIpc) is 2.37. The number of rotatable bonds is 5. The largest absolute Gasteiger partial charge is 0.465 e. The van der Waals surface area contributed by atoms with E-state index in [-0.39, 0.29) is 5.56 Å². The number of sulfonamides is 1. The molecule has 0 aliphatic carbocycles. The van der Waals surface area contributed by atoms with Crippen LogP contribution in [0.15, 0.2) is 23.1 Å². The molecule has 9 heteroatoms. The Morgan fingerprint density at radius 2 is 2.00 bits per heavy atom. The van der Waals surface area contributed by atoms with Crippen LogP contribution >= 0.6 is 0 Å². The second kappa shape index (κ2) is 5.97. The first kappa shape index (κ1) is 16.1. The van der Waals surface area contributed by atoms with Crippen LogP contribution in [-0.2, 0) is 19.6 Å². The summed E-state index contributed by atoms with van der Waals surface area (Å²) in [5.41, 5.74) is 4.59. The zero-order valence-electron chi connectivity index (χ0n) is 10.7. The van der Waals surface area contributed by atoms with E-state index in [0.717, 1.165) is 19.2 Å². The van der Waals surface area contributed by atoms with Crippen LogP contribution in [0.25, 0.3) is 0 Å². The van der Waals surface area contributed by atoms with Crippen LogP contribution in [0.3, 0.4) is 0 Å². The minimum absolute atomic E-state index is 0.349. The Morgan fingerprint density at radius 1 is 1.40 bits per heavy atom. The maximum Gasteiger partial charge on any atom is 0.339 e. The third-order valence-corrected chi connectivity index (χ3v) is 3.98. The molecule has 0 aliphatic rings. The normalized spacial score (nSPS) is 12.8. The van der Waals surface area contributed by atoms with Crippen molar-refractivity contribution in [3.05, 3.63) is 29.6 Å². The smallest absolute Gasteiger partial charge is 0.339 e. The van der Waals surface area contributed by atoms with Gasteiger partial charge in [0.2, 0.25) is 15.9 Å². The molecule has 1 aromatic carbocycles. The van der Waals surface area contributed by atoms with E-state index >= 15 is 0 Å². The fourth-order valence-corrected chi connectivity index (χ4v) is 2.77. The van der Waals surface area contributed by atoms with E-state index in [1.165, 1.54) is 6.92 Å². The summed E-state index contributed by atoms with van der Waals surface area (Å²) in [6.45, 7) is 1.22. The van der Waals surface area contributed by atoms with Crippen molar-refractivity contribution < 1.29 is 27.1 Å². The van der Waals surface area contributed by atoms with Crippen molar-refractivity contribution in [3.8, 4) is 0 Å². The number of hydrogen-bond acceptors (Lipinski definition) is 5. The lowest BCUT2D eigenvalue weighted by Gasteiger charge is -2.13. The molecule has 7 nitrogen and oxygen atoms in total. The van der Waals surface area contributed by atoms with Crippen LogP contribution in [0.1, 0.15) is 17.3 Å². The van der Waals surface area contributed by atoms with Crippen LogP contribution in [0.2, 0.25) is 0 Å². The van der Waals surface area contributed by atoms with Gasteiger partial charge in [-0.05, 0) is 25.1 Å². The van der Waals surface area contributed by atoms with Crippen LogP contribution in [0.4, 0.5) is 4.39 Å². The molecule has 0 saturated carbocycles. The summed E-state index contributed by atoms with van der Waals surface area (Å²) >= 11 is 0. The molecule has 1 amide bonds. The summed E-state index contributed by atoms with van der Waals surface area (Å²) in [5.74, 6) is -2.72. The van der Waals surface area contributed by atoms with Crippen LogP contribution in [-0.4, -0.2) is 33.4 Å². The van der Waals surface area contributed by atoms with Crippen molar-refractivity contribution in [3.63, 3.8) is 0 Å². The molecule has 0 heterocycles. The molecule has 20 heavy (non-hydrogen) atoms. The Balaban J connectivity index is 3.33. The number of carbonyl (C=O) groups excluding carboxylic acids is 2. The first-order valence-electron chi connectivity index (χ1n) is 5.38. The standard InChI is InChI=1S/C11H13FN2O5S/c1-6(10(13)15)14-20(17,18)9-5-7(12)3-4-8(9)11(16)19-2/h3-6,14H,1-2H3,(H2,13,15). The maximum absolute atomic E-state index is 13.2. The highest BCUT2D eigenvalue weighted by atomic mass is 32.2. The number of nitrogens with one attached hydrogen (secondary N) is 1. The van der Waals surface area contributed by atoms with Crippen molar-refractivity contribution >= 4 is 21.9 Å². The molecule has 0 radical (unpaired) electrons. The van der Waals surface area contributed by atoms with Gasteiger partial charge in [-0.2, -0.15) is 4.72 Å². The van der Waals surface area contributed by atoms with Crippen LogP contribution in [0.5, 0.6) is 0 Å². The van der Waals surface area contributed by atoms with Crippen molar-refractivity contribution in [1.29, 1.82) is 0 Å². The summed E-state index contributed by atoms with van der Waals surface area (Å²) < 4.78 is 43.7. The fourth-order valence-electron chi connectivity index (χ4n) is 1.35. The monoisotopic (exact) mass is 304 g/mol. The van der Waals surface area contributed by atoms with Gasteiger partial charge < -0.3 is 10.5 Å². The van der Waals surface area contributed by atoms with E-state index in [1.807, 2.05) is 4.72 Å². The van der Waals surface area contributed by atoms with Gasteiger partial charge in [-0.1, -0.05) is 0 Å². The molecule has 0 aromatic heterocycles. The number of benzene rings is 1. The van der Waals surface area contributed by atoms with Gasteiger partial charge in [0.25, 0.3) is 0 Å². The van der Waals surface area contributed by atoms with Gasteiger partial charge in [-0.25, -0.2) is 17.6 Å². The van der Waals surface area contributed by atoms with E-state index in [0.29, 0.717) is 6.07 Å². The Kier molecular flexibility index (Phi) is 4.79. The second-order valence-electron chi connectivity index (χ2n) is 3.88. The number of ether oxygens (including phenoxy) is 1. The van der Waals surface area contributed by atoms with Gasteiger partial charge in [0, 0.05) is 0 Å². The molecule has 1 aromatic rings. The molecule has 1 rings (SSSR count). The quantitative estimate of drug-likeness (QED) is 0.729. The molecule has 1 atom stereocenters. The highest BCUT2D eigenvalue weighted by molar-refractivity contribution is 7.89. The second-order valence-corrected chi connectivity index (χ2v) is 5.56. The number of methoxy groups -OCH3 is 1. The first-order chi connectivity index (χ1) is 9.19. The predicted octanol–water partition coefficient (Wildman–Crippen LogP) is -0.236.